The minimum absolute atomic E-state index is 0.0757. The normalized spacial score (nSPS) is 16.2. The van der Waals surface area contributed by atoms with Crippen molar-refractivity contribution >= 4 is 11.4 Å². The van der Waals surface area contributed by atoms with Crippen molar-refractivity contribution in [3.8, 4) is 0 Å². The van der Waals surface area contributed by atoms with Crippen molar-refractivity contribution in [3.63, 3.8) is 0 Å². The Bertz CT molecular complexity index is 617. The highest BCUT2D eigenvalue weighted by Crippen LogP contribution is 2.18. The summed E-state index contributed by atoms with van der Waals surface area (Å²) in [4.78, 5) is 19.1. The number of rotatable bonds is 4. The first-order valence-electron chi connectivity index (χ1n) is 7.60. The molecular weight excluding hydrogens is 266 g/mol. The fourth-order valence-corrected chi connectivity index (χ4v) is 2.96. The average Bonchev–Trinajstić information content (AvgIpc) is 2.97. The summed E-state index contributed by atoms with van der Waals surface area (Å²) in [6, 6.07) is 0.324. The third-order valence-corrected chi connectivity index (χ3v) is 4.03. The summed E-state index contributed by atoms with van der Waals surface area (Å²) in [5.74, 6) is 0.0757. The van der Waals surface area contributed by atoms with Crippen molar-refractivity contribution in [3.05, 3.63) is 30.4 Å². The highest BCUT2D eigenvalue weighted by atomic mass is 16.2. The molecule has 1 amide bonds. The van der Waals surface area contributed by atoms with Gasteiger partial charge in [-0.3, -0.25) is 9.78 Å². The number of nitrogens with zero attached hydrogens (tertiary/aromatic N) is 4. The molecule has 0 radical (unpaired) electrons. The van der Waals surface area contributed by atoms with E-state index in [0.29, 0.717) is 11.6 Å². The standard InChI is InChI=1S/C15H21N5O/c1-2-8-19(12-3-5-16-6-4-12)15(21)13-10-18-20-9-7-17-11-14(13)20/h7,9-12,16H,2-6,8H2,1H3. The first kappa shape index (κ1) is 14.0. The predicted octanol–water partition coefficient (Wildman–Crippen LogP) is 1.33. The molecule has 6 nitrogen and oxygen atoms in total. The van der Waals surface area contributed by atoms with Crippen molar-refractivity contribution in [1.29, 1.82) is 0 Å². The largest absolute Gasteiger partial charge is 0.335 e. The fourth-order valence-electron chi connectivity index (χ4n) is 2.96. The summed E-state index contributed by atoms with van der Waals surface area (Å²) >= 11 is 0. The summed E-state index contributed by atoms with van der Waals surface area (Å²) in [6.07, 6.45) is 9.79. The van der Waals surface area contributed by atoms with E-state index in [0.717, 1.165) is 44.4 Å². The van der Waals surface area contributed by atoms with Gasteiger partial charge in [0.1, 0.15) is 0 Å². The van der Waals surface area contributed by atoms with E-state index in [1.807, 2.05) is 4.90 Å². The molecule has 21 heavy (non-hydrogen) atoms. The van der Waals surface area contributed by atoms with Gasteiger partial charge in [-0.2, -0.15) is 5.10 Å². The maximum Gasteiger partial charge on any atom is 0.258 e. The molecule has 1 N–H and O–H groups in total. The molecular formula is C15H21N5O. The van der Waals surface area contributed by atoms with Gasteiger partial charge in [0.2, 0.25) is 0 Å². The molecule has 112 valence electrons. The lowest BCUT2D eigenvalue weighted by Gasteiger charge is -2.34. The second-order valence-corrected chi connectivity index (χ2v) is 5.44. The van der Waals surface area contributed by atoms with Gasteiger partial charge in [0, 0.05) is 25.0 Å². The number of aromatic nitrogens is 3. The third-order valence-electron chi connectivity index (χ3n) is 4.03. The van der Waals surface area contributed by atoms with E-state index in [1.54, 1.807) is 29.3 Å². The van der Waals surface area contributed by atoms with Gasteiger partial charge in [0.15, 0.2) is 0 Å². The Hall–Kier alpha value is -1.95. The van der Waals surface area contributed by atoms with Gasteiger partial charge in [-0.1, -0.05) is 6.92 Å². The van der Waals surface area contributed by atoms with E-state index in [2.05, 4.69) is 22.3 Å². The predicted molar refractivity (Wildman–Crippen MR) is 80.2 cm³/mol. The molecule has 0 aromatic carbocycles. The van der Waals surface area contributed by atoms with Gasteiger partial charge < -0.3 is 10.2 Å². The molecule has 1 saturated heterocycles. The maximum atomic E-state index is 12.9. The topological polar surface area (TPSA) is 62.5 Å². The van der Waals surface area contributed by atoms with Gasteiger partial charge in [0.25, 0.3) is 5.91 Å². The Morgan fingerprint density at radius 1 is 1.43 bits per heavy atom. The Morgan fingerprint density at radius 3 is 3.00 bits per heavy atom. The number of hydrogen-bond acceptors (Lipinski definition) is 4. The van der Waals surface area contributed by atoms with Crippen LogP contribution in [-0.2, 0) is 0 Å². The van der Waals surface area contributed by atoms with E-state index in [4.69, 9.17) is 0 Å². The number of hydrogen-bond donors (Lipinski definition) is 1. The highest BCUT2D eigenvalue weighted by Gasteiger charge is 2.27. The Labute approximate surface area is 124 Å². The van der Waals surface area contributed by atoms with Gasteiger partial charge in [-0.25, -0.2) is 4.52 Å². The number of carbonyl (C=O) groups excluding carboxylic acids is 1. The van der Waals surface area contributed by atoms with Crippen LogP contribution in [0, 0.1) is 0 Å². The van der Waals surface area contributed by atoms with Crippen molar-refractivity contribution in [2.75, 3.05) is 19.6 Å². The van der Waals surface area contributed by atoms with Crippen LogP contribution in [-0.4, -0.2) is 51.1 Å². The zero-order valence-corrected chi connectivity index (χ0v) is 12.3. The fraction of sp³-hybridized carbons (Fsp3) is 0.533. The monoisotopic (exact) mass is 287 g/mol. The SMILES string of the molecule is CCCN(C(=O)c1cnn2ccncc12)C1CCNCC1. The van der Waals surface area contributed by atoms with Crippen LogP contribution in [0.3, 0.4) is 0 Å². The first-order valence-corrected chi connectivity index (χ1v) is 7.60. The van der Waals surface area contributed by atoms with E-state index < -0.39 is 0 Å². The van der Waals surface area contributed by atoms with Gasteiger partial charge in [0.05, 0.1) is 23.5 Å². The molecule has 2 aromatic rings. The zero-order chi connectivity index (χ0) is 14.7. The third kappa shape index (κ3) is 2.76. The molecule has 3 rings (SSSR count). The Kier molecular flexibility index (Phi) is 4.15. The smallest absolute Gasteiger partial charge is 0.258 e. The van der Waals surface area contributed by atoms with Crippen LogP contribution in [0.5, 0.6) is 0 Å². The molecule has 1 fully saturated rings. The Balaban J connectivity index is 1.89. The molecule has 2 aromatic heterocycles. The first-order chi connectivity index (χ1) is 10.3. The minimum Gasteiger partial charge on any atom is -0.335 e. The molecule has 0 atom stereocenters. The lowest BCUT2D eigenvalue weighted by atomic mass is 10.0. The number of piperidine rings is 1. The van der Waals surface area contributed by atoms with Crippen LogP contribution in [0.15, 0.2) is 24.8 Å². The highest BCUT2D eigenvalue weighted by molar-refractivity contribution is 6.00. The summed E-state index contributed by atoms with van der Waals surface area (Å²) in [7, 11) is 0. The number of amides is 1. The van der Waals surface area contributed by atoms with E-state index in [1.165, 1.54) is 0 Å². The van der Waals surface area contributed by atoms with Crippen LogP contribution in [0.25, 0.3) is 5.52 Å². The van der Waals surface area contributed by atoms with Gasteiger partial charge in [-0.15, -0.1) is 0 Å². The maximum absolute atomic E-state index is 12.9. The van der Waals surface area contributed by atoms with Crippen LogP contribution < -0.4 is 5.32 Å². The van der Waals surface area contributed by atoms with Crippen LogP contribution in [0.4, 0.5) is 0 Å². The van der Waals surface area contributed by atoms with Crippen LogP contribution in [0.1, 0.15) is 36.5 Å². The van der Waals surface area contributed by atoms with Crippen molar-refractivity contribution in [1.82, 2.24) is 24.8 Å². The molecule has 1 aliphatic rings. The van der Waals surface area contributed by atoms with Gasteiger partial charge >= 0.3 is 0 Å². The average molecular weight is 287 g/mol. The van der Waals surface area contributed by atoms with Crippen LogP contribution in [0.2, 0.25) is 0 Å². The molecule has 3 heterocycles. The van der Waals surface area contributed by atoms with Crippen LogP contribution >= 0.6 is 0 Å². The summed E-state index contributed by atoms with van der Waals surface area (Å²) in [6.45, 7) is 4.86. The second-order valence-electron chi connectivity index (χ2n) is 5.44. The lowest BCUT2D eigenvalue weighted by molar-refractivity contribution is 0.0644. The molecule has 1 aliphatic heterocycles. The molecule has 0 spiro atoms. The quantitative estimate of drug-likeness (QED) is 0.921. The summed E-state index contributed by atoms with van der Waals surface area (Å²) in [5, 5.41) is 7.59. The molecule has 6 heteroatoms. The molecule has 0 aliphatic carbocycles. The number of carbonyl (C=O) groups is 1. The molecule has 0 unspecified atom stereocenters. The molecule has 0 saturated carbocycles. The summed E-state index contributed by atoms with van der Waals surface area (Å²) in [5.41, 5.74) is 1.42. The second kappa shape index (κ2) is 6.22. The van der Waals surface area contributed by atoms with Crippen molar-refractivity contribution in [2.24, 2.45) is 0 Å². The number of nitrogens with one attached hydrogen (secondary N) is 1. The Morgan fingerprint density at radius 2 is 2.24 bits per heavy atom. The number of fused-ring (bicyclic) bond motifs is 1. The van der Waals surface area contributed by atoms with E-state index in [9.17, 15) is 4.79 Å². The zero-order valence-electron chi connectivity index (χ0n) is 12.3. The molecule has 0 bridgehead atoms. The minimum atomic E-state index is 0.0757. The van der Waals surface area contributed by atoms with Gasteiger partial charge in [-0.05, 0) is 32.4 Å². The lowest BCUT2D eigenvalue weighted by Crippen LogP contribution is -2.46. The summed E-state index contributed by atoms with van der Waals surface area (Å²) < 4.78 is 1.70. The van der Waals surface area contributed by atoms with Crippen molar-refractivity contribution < 1.29 is 4.79 Å². The van der Waals surface area contributed by atoms with E-state index >= 15 is 0 Å². The van der Waals surface area contributed by atoms with E-state index in [-0.39, 0.29) is 5.91 Å². The van der Waals surface area contributed by atoms with Crippen molar-refractivity contribution in [2.45, 2.75) is 32.2 Å².